The lowest BCUT2D eigenvalue weighted by molar-refractivity contribution is -0.176. The summed E-state index contributed by atoms with van der Waals surface area (Å²) in [5.41, 5.74) is -0.0444. The van der Waals surface area contributed by atoms with Gasteiger partial charge in [-0.3, -0.25) is 9.67 Å². The van der Waals surface area contributed by atoms with Crippen molar-refractivity contribution >= 4 is 5.96 Å². The Morgan fingerprint density at radius 3 is 2.71 bits per heavy atom. The molecule has 0 saturated heterocycles. The molecular formula is C14H26N6O. The van der Waals surface area contributed by atoms with E-state index in [1.165, 1.54) is 0 Å². The first-order valence-corrected chi connectivity index (χ1v) is 7.19. The molecule has 2 rings (SSSR count). The van der Waals surface area contributed by atoms with Gasteiger partial charge < -0.3 is 15.4 Å². The van der Waals surface area contributed by atoms with E-state index in [1.807, 2.05) is 7.05 Å². The number of aryl methyl sites for hydroxylation is 1. The van der Waals surface area contributed by atoms with Crippen molar-refractivity contribution in [3.05, 3.63) is 12.2 Å². The van der Waals surface area contributed by atoms with Gasteiger partial charge in [-0.05, 0) is 13.3 Å². The molecule has 118 valence electrons. The molecule has 0 amide bonds. The fourth-order valence-electron chi connectivity index (χ4n) is 2.73. The van der Waals surface area contributed by atoms with E-state index in [-0.39, 0.29) is 11.0 Å². The maximum Gasteiger partial charge on any atom is 0.191 e. The number of methoxy groups -OCH3 is 1. The first-order chi connectivity index (χ1) is 9.84. The van der Waals surface area contributed by atoms with Crippen LogP contribution in [-0.4, -0.2) is 46.5 Å². The van der Waals surface area contributed by atoms with Crippen LogP contribution in [0, 0.1) is 5.41 Å². The van der Waals surface area contributed by atoms with Crippen molar-refractivity contribution in [3.63, 3.8) is 0 Å². The number of nitrogens with one attached hydrogen (secondary N) is 2. The zero-order valence-corrected chi connectivity index (χ0v) is 13.8. The van der Waals surface area contributed by atoms with Crippen molar-refractivity contribution in [1.29, 1.82) is 0 Å². The number of nitrogens with zero attached hydrogens (tertiary/aromatic N) is 4. The first-order valence-electron chi connectivity index (χ1n) is 7.19. The molecule has 1 aromatic heterocycles. The van der Waals surface area contributed by atoms with E-state index < -0.39 is 0 Å². The van der Waals surface area contributed by atoms with Crippen LogP contribution in [0.5, 0.6) is 0 Å². The fourth-order valence-corrected chi connectivity index (χ4v) is 2.73. The molecule has 1 fully saturated rings. The molecule has 0 bridgehead atoms. The summed E-state index contributed by atoms with van der Waals surface area (Å²) < 4.78 is 7.39. The van der Waals surface area contributed by atoms with Crippen LogP contribution in [0.4, 0.5) is 0 Å². The second kappa shape index (κ2) is 5.63. The summed E-state index contributed by atoms with van der Waals surface area (Å²) in [7, 11) is 5.42. The Morgan fingerprint density at radius 2 is 2.24 bits per heavy atom. The molecule has 2 atom stereocenters. The van der Waals surface area contributed by atoms with Gasteiger partial charge in [-0.1, -0.05) is 13.8 Å². The largest absolute Gasteiger partial charge is 0.378 e. The van der Waals surface area contributed by atoms with Gasteiger partial charge in [0.1, 0.15) is 12.2 Å². The molecule has 0 radical (unpaired) electrons. The van der Waals surface area contributed by atoms with Gasteiger partial charge in [-0.15, -0.1) is 0 Å². The second-order valence-electron chi connectivity index (χ2n) is 6.28. The van der Waals surface area contributed by atoms with Crippen LogP contribution in [0.25, 0.3) is 0 Å². The summed E-state index contributed by atoms with van der Waals surface area (Å²) in [6.45, 7) is 7.17. The number of aliphatic imine (C=N–C) groups is 1. The number of guanidine groups is 1. The molecule has 1 heterocycles. The van der Waals surface area contributed by atoms with Crippen LogP contribution in [0.1, 0.15) is 33.0 Å². The van der Waals surface area contributed by atoms with Crippen molar-refractivity contribution in [2.75, 3.05) is 14.2 Å². The smallest absolute Gasteiger partial charge is 0.191 e. The third-order valence-electron chi connectivity index (χ3n) is 5.03. The molecule has 1 aliphatic carbocycles. The highest BCUT2D eigenvalue weighted by Crippen LogP contribution is 2.51. The SMILES string of the molecule is CN=C(NCc1ncnn1C)NC1CC(C)(OC)C1(C)C. The van der Waals surface area contributed by atoms with Crippen LogP contribution in [-0.2, 0) is 18.3 Å². The maximum absolute atomic E-state index is 5.65. The van der Waals surface area contributed by atoms with Gasteiger partial charge in [0.05, 0.1) is 12.1 Å². The molecule has 1 aromatic rings. The van der Waals surface area contributed by atoms with E-state index in [1.54, 1.807) is 25.2 Å². The second-order valence-corrected chi connectivity index (χ2v) is 6.28. The molecule has 21 heavy (non-hydrogen) atoms. The summed E-state index contributed by atoms with van der Waals surface area (Å²) in [6.07, 6.45) is 2.51. The molecule has 0 aliphatic heterocycles. The number of aromatic nitrogens is 3. The molecule has 7 heteroatoms. The molecule has 1 saturated carbocycles. The highest BCUT2D eigenvalue weighted by atomic mass is 16.5. The number of hydrogen-bond acceptors (Lipinski definition) is 4. The van der Waals surface area contributed by atoms with Crippen LogP contribution in [0.15, 0.2) is 11.3 Å². The van der Waals surface area contributed by atoms with E-state index >= 15 is 0 Å². The predicted octanol–water partition coefficient (Wildman–Crippen LogP) is 0.684. The number of ether oxygens (including phenoxy) is 1. The molecule has 0 spiro atoms. The van der Waals surface area contributed by atoms with Crippen LogP contribution in [0.3, 0.4) is 0 Å². The van der Waals surface area contributed by atoms with E-state index in [4.69, 9.17) is 4.74 Å². The zero-order chi connectivity index (χ0) is 15.7. The van der Waals surface area contributed by atoms with Crippen molar-refractivity contribution in [1.82, 2.24) is 25.4 Å². The minimum atomic E-state index is -0.0902. The zero-order valence-electron chi connectivity index (χ0n) is 13.8. The summed E-state index contributed by atoms with van der Waals surface area (Å²) in [4.78, 5) is 8.46. The van der Waals surface area contributed by atoms with Gasteiger partial charge >= 0.3 is 0 Å². The summed E-state index contributed by atoms with van der Waals surface area (Å²) in [6, 6.07) is 0.327. The first kappa shape index (κ1) is 15.8. The number of rotatable bonds is 4. The van der Waals surface area contributed by atoms with Gasteiger partial charge in [0.25, 0.3) is 0 Å². The average Bonchev–Trinajstić information content (AvgIpc) is 2.87. The molecular weight excluding hydrogens is 268 g/mol. The Bertz CT molecular complexity index is 523. The van der Waals surface area contributed by atoms with E-state index in [0.717, 1.165) is 18.2 Å². The van der Waals surface area contributed by atoms with Crippen molar-refractivity contribution < 1.29 is 4.74 Å². The van der Waals surface area contributed by atoms with Gasteiger partial charge in [-0.25, -0.2) is 4.98 Å². The van der Waals surface area contributed by atoms with Gasteiger partial charge in [0, 0.05) is 32.7 Å². The highest BCUT2D eigenvalue weighted by molar-refractivity contribution is 5.80. The molecule has 2 unspecified atom stereocenters. The Morgan fingerprint density at radius 1 is 1.52 bits per heavy atom. The lowest BCUT2D eigenvalue weighted by Gasteiger charge is -2.59. The Kier molecular flexibility index (Phi) is 4.22. The van der Waals surface area contributed by atoms with Gasteiger partial charge in [0.2, 0.25) is 0 Å². The normalized spacial score (nSPS) is 28.1. The van der Waals surface area contributed by atoms with Gasteiger partial charge in [0.15, 0.2) is 5.96 Å². The van der Waals surface area contributed by atoms with Crippen molar-refractivity contribution in [3.8, 4) is 0 Å². The molecule has 0 aromatic carbocycles. The predicted molar refractivity (Wildman–Crippen MR) is 81.9 cm³/mol. The highest BCUT2D eigenvalue weighted by Gasteiger charge is 2.58. The van der Waals surface area contributed by atoms with Crippen molar-refractivity contribution in [2.24, 2.45) is 17.5 Å². The monoisotopic (exact) mass is 294 g/mol. The third kappa shape index (κ3) is 2.74. The summed E-state index contributed by atoms with van der Waals surface area (Å²) >= 11 is 0. The standard InChI is InChI=1S/C14H26N6O/c1-13(2)10(7-14(13,3)21-6)19-12(15-4)16-8-11-17-9-18-20(11)5/h9-10H,7-8H2,1-6H3,(H2,15,16,19). The average molecular weight is 294 g/mol. The topological polar surface area (TPSA) is 76.4 Å². The van der Waals surface area contributed by atoms with E-state index in [9.17, 15) is 0 Å². The van der Waals surface area contributed by atoms with Crippen molar-refractivity contribution in [2.45, 2.75) is 45.4 Å². The number of hydrogen-bond donors (Lipinski definition) is 2. The minimum absolute atomic E-state index is 0.0458. The van der Waals surface area contributed by atoms with Crippen LogP contribution >= 0.6 is 0 Å². The Balaban J connectivity index is 1.91. The lowest BCUT2D eigenvalue weighted by Crippen LogP contribution is -2.69. The van der Waals surface area contributed by atoms with Crippen LogP contribution in [0.2, 0.25) is 0 Å². The van der Waals surface area contributed by atoms with Crippen LogP contribution < -0.4 is 10.6 Å². The van der Waals surface area contributed by atoms with E-state index in [2.05, 4.69) is 46.5 Å². The molecule has 1 aliphatic rings. The maximum atomic E-state index is 5.65. The Labute approximate surface area is 126 Å². The summed E-state index contributed by atoms with van der Waals surface area (Å²) in [5, 5.41) is 10.8. The fraction of sp³-hybridized carbons (Fsp3) is 0.786. The molecule has 2 N–H and O–H groups in total. The molecule has 7 nitrogen and oxygen atoms in total. The third-order valence-corrected chi connectivity index (χ3v) is 5.03. The van der Waals surface area contributed by atoms with Gasteiger partial charge in [-0.2, -0.15) is 5.10 Å². The Hall–Kier alpha value is -1.63. The quantitative estimate of drug-likeness (QED) is 0.631. The lowest BCUT2D eigenvalue weighted by atomic mass is 9.56. The van der Waals surface area contributed by atoms with E-state index in [0.29, 0.717) is 12.6 Å². The summed E-state index contributed by atoms with van der Waals surface area (Å²) in [5.74, 6) is 1.64. The minimum Gasteiger partial charge on any atom is -0.378 e.